The summed E-state index contributed by atoms with van der Waals surface area (Å²) in [6.07, 6.45) is 6.50. The Labute approximate surface area is 142 Å². The van der Waals surface area contributed by atoms with Gasteiger partial charge in [0.2, 0.25) is 0 Å². The van der Waals surface area contributed by atoms with Gasteiger partial charge in [-0.2, -0.15) is 5.10 Å². The van der Waals surface area contributed by atoms with Crippen LogP contribution in [0.2, 0.25) is 0 Å². The number of amides is 1. The maximum atomic E-state index is 12.2. The molecule has 1 aliphatic rings. The van der Waals surface area contributed by atoms with Crippen molar-refractivity contribution in [3.8, 4) is 5.75 Å². The Morgan fingerprint density at radius 2 is 1.88 bits per heavy atom. The lowest BCUT2D eigenvalue weighted by atomic mass is 10.0. The van der Waals surface area contributed by atoms with E-state index in [9.17, 15) is 15.0 Å². The van der Waals surface area contributed by atoms with E-state index in [0.717, 1.165) is 24.3 Å². The van der Waals surface area contributed by atoms with Crippen molar-refractivity contribution in [2.75, 3.05) is 13.7 Å². The van der Waals surface area contributed by atoms with Gasteiger partial charge in [-0.25, -0.2) is 5.01 Å². The Morgan fingerprint density at radius 3 is 2.58 bits per heavy atom. The highest BCUT2D eigenvalue weighted by molar-refractivity contribution is 6.20. The topological polar surface area (TPSA) is 82.4 Å². The molecule has 0 radical (unpaired) electrons. The average Bonchev–Trinajstić information content (AvgIpc) is 2.81. The molecule has 0 atom stereocenters. The van der Waals surface area contributed by atoms with Gasteiger partial charge in [0.1, 0.15) is 11.5 Å². The van der Waals surface area contributed by atoms with E-state index in [1.54, 1.807) is 24.3 Å². The Morgan fingerprint density at radius 1 is 1.17 bits per heavy atom. The monoisotopic (exact) mass is 334 g/mol. The minimum atomic E-state index is -2.59. The summed E-state index contributed by atoms with van der Waals surface area (Å²) in [5, 5.41) is 25.7. The van der Waals surface area contributed by atoms with Crippen molar-refractivity contribution < 1.29 is 19.7 Å². The first-order valence-corrected chi connectivity index (χ1v) is 8.51. The van der Waals surface area contributed by atoms with Crippen LogP contribution < -0.4 is 4.74 Å². The number of unbranched alkanes of at least 4 members (excludes halogenated alkanes) is 5. The molecule has 0 spiro atoms. The predicted molar refractivity (Wildman–Crippen MR) is 91.8 cm³/mol. The maximum Gasteiger partial charge on any atom is 0.309 e. The lowest BCUT2D eigenvalue weighted by Gasteiger charge is -2.17. The third-order valence-corrected chi connectivity index (χ3v) is 4.15. The fraction of sp³-hybridized carbons (Fsp3) is 0.556. The molecule has 1 aliphatic heterocycles. The van der Waals surface area contributed by atoms with Crippen molar-refractivity contribution in [1.82, 2.24) is 5.01 Å². The van der Waals surface area contributed by atoms with Crippen LogP contribution in [0.15, 0.2) is 29.4 Å². The smallest absolute Gasteiger partial charge is 0.309 e. The molecule has 6 nitrogen and oxygen atoms in total. The number of aliphatic hydroxyl groups is 2. The maximum absolute atomic E-state index is 12.2. The van der Waals surface area contributed by atoms with Gasteiger partial charge < -0.3 is 14.9 Å². The van der Waals surface area contributed by atoms with Crippen molar-refractivity contribution in [3.63, 3.8) is 0 Å². The highest BCUT2D eigenvalue weighted by Crippen LogP contribution is 2.25. The molecule has 1 amide bonds. The van der Waals surface area contributed by atoms with Gasteiger partial charge >= 0.3 is 5.91 Å². The highest BCUT2D eigenvalue weighted by Gasteiger charge is 2.49. The van der Waals surface area contributed by atoms with Crippen LogP contribution in [0.3, 0.4) is 0 Å². The van der Waals surface area contributed by atoms with Gasteiger partial charge in [-0.05, 0) is 18.6 Å². The van der Waals surface area contributed by atoms with Crippen LogP contribution in [0.4, 0.5) is 0 Å². The highest BCUT2D eigenvalue weighted by atomic mass is 16.5. The molecular weight excluding hydrogens is 308 g/mol. The molecule has 1 aromatic carbocycles. The summed E-state index contributed by atoms with van der Waals surface area (Å²) >= 11 is 0. The molecule has 0 saturated heterocycles. The van der Waals surface area contributed by atoms with E-state index >= 15 is 0 Å². The van der Waals surface area contributed by atoms with Crippen LogP contribution in [0.1, 0.15) is 51.0 Å². The zero-order valence-corrected chi connectivity index (χ0v) is 14.4. The zero-order valence-electron chi connectivity index (χ0n) is 14.4. The Hall–Kier alpha value is -1.92. The van der Waals surface area contributed by atoms with Crippen molar-refractivity contribution in [2.24, 2.45) is 5.10 Å². The first-order valence-electron chi connectivity index (χ1n) is 8.51. The van der Waals surface area contributed by atoms with E-state index in [-0.39, 0.29) is 5.71 Å². The number of ether oxygens (including phenoxy) is 1. The van der Waals surface area contributed by atoms with Gasteiger partial charge in [0, 0.05) is 12.1 Å². The third kappa shape index (κ3) is 4.13. The molecule has 6 heteroatoms. The standard InChI is InChI=1S/C18H26N2O4/c1-3-4-5-6-7-8-12-20-17(21)18(22,23)16(19-20)14-10-9-11-15(13-14)24-2/h9-11,13,22-23H,3-8,12H2,1-2H3. The molecular formula is C18H26N2O4. The summed E-state index contributed by atoms with van der Waals surface area (Å²) in [6, 6.07) is 6.75. The number of methoxy groups -OCH3 is 1. The first-order chi connectivity index (χ1) is 11.5. The van der Waals surface area contributed by atoms with Crippen molar-refractivity contribution in [3.05, 3.63) is 29.8 Å². The van der Waals surface area contributed by atoms with Gasteiger partial charge in [0.25, 0.3) is 5.79 Å². The second kappa shape index (κ2) is 8.26. The SMILES string of the molecule is CCCCCCCCN1N=C(c2cccc(OC)c2)C(O)(O)C1=O. The first kappa shape index (κ1) is 18.4. The second-order valence-corrected chi connectivity index (χ2v) is 6.05. The number of nitrogens with zero attached hydrogens (tertiary/aromatic N) is 2. The van der Waals surface area contributed by atoms with Gasteiger partial charge in [-0.15, -0.1) is 0 Å². The van der Waals surface area contributed by atoms with Crippen molar-refractivity contribution >= 4 is 11.6 Å². The van der Waals surface area contributed by atoms with Gasteiger partial charge in [-0.1, -0.05) is 51.2 Å². The normalized spacial score (nSPS) is 16.4. The molecule has 1 heterocycles. The fourth-order valence-corrected chi connectivity index (χ4v) is 2.74. The van der Waals surface area contributed by atoms with Crippen LogP contribution in [0.25, 0.3) is 0 Å². The van der Waals surface area contributed by atoms with Gasteiger partial charge in [-0.3, -0.25) is 4.79 Å². The summed E-state index contributed by atoms with van der Waals surface area (Å²) < 4.78 is 5.13. The Kier molecular flexibility index (Phi) is 6.34. The summed E-state index contributed by atoms with van der Waals surface area (Å²) in [5.41, 5.74) is 0.399. The number of carbonyl (C=O) groups excluding carboxylic acids is 1. The molecule has 0 aromatic heterocycles. The molecule has 0 bridgehead atoms. The van der Waals surface area contributed by atoms with E-state index in [1.807, 2.05) is 0 Å². The van der Waals surface area contributed by atoms with E-state index in [2.05, 4.69) is 12.0 Å². The number of hydrazone groups is 1. The molecule has 1 aromatic rings. The number of rotatable bonds is 9. The number of hydrogen-bond donors (Lipinski definition) is 2. The van der Waals surface area contributed by atoms with E-state index < -0.39 is 11.7 Å². The molecule has 132 valence electrons. The van der Waals surface area contributed by atoms with Gasteiger partial charge in [0.05, 0.1) is 7.11 Å². The third-order valence-electron chi connectivity index (χ3n) is 4.15. The number of carbonyl (C=O) groups is 1. The Bertz CT molecular complexity index is 598. The molecule has 0 unspecified atom stereocenters. The van der Waals surface area contributed by atoms with Crippen LogP contribution in [0, 0.1) is 0 Å². The van der Waals surface area contributed by atoms with Crippen LogP contribution in [-0.2, 0) is 4.79 Å². The summed E-state index contributed by atoms with van der Waals surface area (Å²) in [5.74, 6) is -2.82. The van der Waals surface area contributed by atoms with Crippen molar-refractivity contribution in [1.29, 1.82) is 0 Å². The summed E-state index contributed by atoms with van der Waals surface area (Å²) in [6.45, 7) is 2.56. The predicted octanol–water partition coefficient (Wildman–Crippen LogP) is 2.28. The average molecular weight is 334 g/mol. The van der Waals surface area contributed by atoms with Crippen LogP contribution in [-0.4, -0.2) is 46.3 Å². The van der Waals surface area contributed by atoms with E-state index in [0.29, 0.717) is 17.9 Å². The number of benzene rings is 1. The zero-order chi connectivity index (χ0) is 17.6. The van der Waals surface area contributed by atoms with Crippen LogP contribution in [0.5, 0.6) is 5.75 Å². The van der Waals surface area contributed by atoms with E-state index in [1.165, 1.54) is 26.4 Å². The minimum absolute atomic E-state index is 0.0580. The Balaban J connectivity index is 2.03. The fourth-order valence-electron chi connectivity index (χ4n) is 2.74. The minimum Gasteiger partial charge on any atom is -0.497 e. The summed E-state index contributed by atoms with van der Waals surface area (Å²) in [7, 11) is 1.52. The lowest BCUT2D eigenvalue weighted by molar-refractivity contribution is -0.168. The lowest BCUT2D eigenvalue weighted by Crippen LogP contribution is -2.46. The molecule has 2 rings (SSSR count). The van der Waals surface area contributed by atoms with E-state index in [4.69, 9.17) is 4.74 Å². The molecule has 2 N–H and O–H groups in total. The molecule has 0 aliphatic carbocycles. The molecule has 0 fully saturated rings. The van der Waals surface area contributed by atoms with Crippen molar-refractivity contribution in [2.45, 2.75) is 51.2 Å². The second-order valence-electron chi connectivity index (χ2n) is 6.05. The summed E-state index contributed by atoms with van der Waals surface area (Å²) in [4.78, 5) is 12.2. The number of hydrogen-bond acceptors (Lipinski definition) is 5. The van der Waals surface area contributed by atoms with Gasteiger partial charge in [0.15, 0.2) is 0 Å². The quantitative estimate of drug-likeness (QED) is 0.536. The molecule has 24 heavy (non-hydrogen) atoms. The van der Waals surface area contributed by atoms with Crippen LogP contribution >= 0.6 is 0 Å². The largest absolute Gasteiger partial charge is 0.497 e. The molecule has 0 saturated carbocycles.